The van der Waals surface area contributed by atoms with Gasteiger partial charge in [-0.1, -0.05) is 0 Å². The van der Waals surface area contributed by atoms with E-state index >= 15 is 0 Å². The summed E-state index contributed by atoms with van der Waals surface area (Å²) in [6, 6.07) is 7.03. The van der Waals surface area contributed by atoms with Gasteiger partial charge in [-0.2, -0.15) is 12.1 Å². The van der Waals surface area contributed by atoms with Crippen molar-refractivity contribution in [2.45, 2.75) is 0 Å². The first-order valence-electron chi connectivity index (χ1n) is 3.12. The molecule has 0 atom stereocenters. The quantitative estimate of drug-likeness (QED) is 0.363. The third-order valence-electron chi connectivity index (χ3n) is 1.09. The van der Waals surface area contributed by atoms with Crippen molar-refractivity contribution in [2.75, 3.05) is 13.9 Å². The minimum Gasteiger partial charge on any atom is -1.00 e. The van der Waals surface area contributed by atoms with Gasteiger partial charge in [-0.3, -0.25) is 4.39 Å². The van der Waals surface area contributed by atoms with Gasteiger partial charge >= 0.3 is 23.1 Å². The summed E-state index contributed by atoms with van der Waals surface area (Å²) in [6.45, 7) is 0.0391. The normalized spacial score (nSPS) is 8.15. The number of halogens is 2. The van der Waals surface area contributed by atoms with Crippen LogP contribution in [0.2, 0.25) is 0 Å². The average molecular weight is 259 g/mol. The number of para-hydroxylation sites is 1. The van der Waals surface area contributed by atoms with Gasteiger partial charge in [0.05, 0.1) is 0 Å². The molecule has 1 aromatic carbocycles. The molecule has 0 spiro atoms. The number of ether oxygens (including phenoxy) is 2. The van der Waals surface area contributed by atoms with Gasteiger partial charge in [0.25, 0.3) is 0 Å². The van der Waals surface area contributed by atoms with E-state index in [1.807, 2.05) is 0 Å². The minimum atomic E-state index is -0.426. The van der Waals surface area contributed by atoms with Crippen LogP contribution in [-0.4, -0.2) is 37.0 Å². The van der Waals surface area contributed by atoms with Crippen molar-refractivity contribution in [3.8, 4) is 5.75 Å². The molecule has 13 heavy (non-hydrogen) atoms. The molecule has 0 N–H and O–H groups in total. The van der Waals surface area contributed by atoms with Crippen LogP contribution in [-0.2, 0) is 4.74 Å². The summed E-state index contributed by atoms with van der Waals surface area (Å²) in [4.78, 5) is 0. The molecule has 1 rings (SSSR count). The van der Waals surface area contributed by atoms with E-state index in [1.54, 1.807) is 12.1 Å². The van der Waals surface area contributed by atoms with E-state index in [4.69, 9.17) is 4.74 Å². The molecule has 0 fully saturated rings. The summed E-state index contributed by atoms with van der Waals surface area (Å²) in [5.41, 5.74) is 0. The van der Waals surface area contributed by atoms with E-state index < -0.39 is 5.82 Å². The van der Waals surface area contributed by atoms with Gasteiger partial charge in [-0.15, -0.1) is 12.1 Å². The zero-order valence-corrected chi connectivity index (χ0v) is 10.2. The standard InChI is InChI=1S/C8H8FO2.BrH.Mg/c1-10-6-11-8-5-3-2-4-7(8)9;;/h2-4H,6H2,1H3;1H;/q-1;;+2/p-1. The first kappa shape index (κ1) is 15.6. The van der Waals surface area contributed by atoms with Crippen LogP contribution in [0.15, 0.2) is 18.2 Å². The Labute approximate surface area is 103 Å². The van der Waals surface area contributed by atoms with Crippen LogP contribution in [0.1, 0.15) is 0 Å². The van der Waals surface area contributed by atoms with Gasteiger partial charge in [0.2, 0.25) is 0 Å². The minimum absolute atomic E-state index is 0. The Balaban J connectivity index is 0. The molecule has 1 aromatic rings. The Hall–Kier alpha value is 0.156. The van der Waals surface area contributed by atoms with E-state index in [2.05, 4.69) is 10.8 Å². The molecule has 0 unspecified atom stereocenters. The molecule has 0 radical (unpaired) electrons. The topological polar surface area (TPSA) is 18.5 Å². The van der Waals surface area contributed by atoms with E-state index in [0.29, 0.717) is 0 Å². The Morgan fingerprint density at radius 3 is 2.77 bits per heavy atom. The summed E-state index contributed by atoms with van der Waals surface area (Å²) in [6.07, 6.45) is 0. The smallest absolute Gasteiger partial charge is 1.00 e. The van der Waals surface area contributed by atoms with Gasteiger partial charge in [-0.05, 0) is 0 Å². The third-order valence-corrected chi connectivity index (χ3v) is 1.09. The number of hydrogen-bond acceptors (Lipinski definition) is 2. The fourth-order valence-electron chi connectivity index (χ4n) is 0.629. The number of methoxy groups -OCH3 is 1. The van der Waals surface area contributed by atoms with Crippen LogP contribution in [0.3, 0.4) is 0 Å². The summed E-state index contributed by atoms with van der Waals surface area (Å²) in [7, 11) is 1.47. The van der Waals surface area contributed by atoms with Crippen molar-refractivity contribution >= 4 is 23.1 Å². The zero-order chi connectivity index (χ0) is 8.10. The Morgan fingerprint density at radius 1 is 1.54 bits per heavy atom. The number of benzene rings is 1. The molecule has 2 nitrogen and oxygen atoms in total. The van der Waals surface area contributed by atoms with Crippen LogP contribution in [0.5, 0.6) is 5.75 Å². The maximum absolute atomic E-state index is 12.7. The Kier molecular flexibility index (Phi) is 10.5. The predicted octanol–water partition coefficient (Wildman–Crippen LogP) is -1.77. The van der Waals surface area contributed by atoms with E-state index in [0.717, 1.165) is 0 Å². The number of hydrogen-bond donors (Lipinski definition) is 0. The third kappa shape index (κ3) is 5.46. The average Bonchev–Trinajstić information content (AvgIpc) is 2.03. The maximum Gasteiger partial charge on any atom is 2.00 e. The molecule has 0 saturated carbocycles. The fourth-order valence-corrected chi connectivity index (χ4v) is 0.629. The first-order valence-corrected chi connectivity index (χ1v) is 3.12. The molecule has 0 aromatic heterocycles. The molecule has 0 amide bonds. The molecule has 0 aliphatic carbocycles. The van der Waals surface area contributed by atoms with Gasteiger partial charge in [0.15, 0.2) is 6.79 Å². The molecule has 68 valence electrons. The SMILES string of the molecule is COCOc1[c-]cccc1F.[Br-].[Mg+2]. The summed E-state index contributed by atoms with van der Waals surface area (Å²) >= 11 is 0. The fraction of sp³-hybridized carbons (Fsp3) is 0.250. The number of rotatable bonds is 3. The molecule has 0 saturated heterocycles. The van der Waals surface area contributed by atoms with Gasteiger partial charge in [-0.25, -0.2) is 0 Å². The van der Waals surface area contributed by atoms with Crippen LogP contribution in [0.4, 0.5) is 4.39 Å². The molecular formula is C8H8BrFMgO2. The largest absolute Gasteiger partial charge is 2.00 e. The second-order valence-electron chi connectivity index (χ2n) is 1.90. The Morgan fingerprint density at radius 2 is 2.23 bits per heavy atom. The second-order valence-corrected chi connectivity index (χ2v) is 1.90. The van der Waals surface area contributed by atoms with Crippen LogP contribution in [0, 0.1) is 11.9 Å². The summed E-state index contributed by atoms with van der Waals surface area (Å²) in [5.74, 6) is -0.334. The molecule has 0 bridgehead atoms. The summed E-state index contributed by atoms with van der Waals surface area (Å²) < 4.78 is 22.1. The molecule has 0 aliphatic heterocycles. The predicted molar refractivity (Wildman–Crippen MR) is 43.5 cm³/mol. The van der Waals surface area contributed by atoms with Crippen molar-refractivity contribution in [3.63, 3.8) is 0 Å². The van der Waals surface area contributed by atoms with Gasteiger partial charge < -0.3 is 26.5 Å². The van der Waals surface area contributed by atoms with E-state index in [-0.39, 0.29) is 52.6 Å². The molecular weight excluding hydrogens is 251 g/mol. The van der Waals surface area contributed by atoms with Crippen LogP contribution >= 0.6 is 0 Å². The van der Waals surface area contributed by atoms with Crippen molar-refractivity contribution in [1.29, 1.82) is 0 Å². The second kappa shape index (κ2) is 8.74. The monoisotopic (exact) mass is 258 g/mol. The van der Waals surface area contributed by atoms with E-state index in [1.165, 1.54) is 13.2 Å². The molecule has 0 heterocycles. The van der Waals surface area contributed by atoms with Crippen molar-refractivity contribution in [1.82, 2.24) is 0 Å². The van der Waals surface area contributed by atoms with Crippen LogP contribution in [0.25, 0.3) is 0 Å². The van der Waals surface area contributed by atoms with Crippen molar-refractivity contribution in [3.05, 3.63) is 30.1 Å². The first-order chi connectivity index (χ1) is 5.34. The van der Waals surface area contributed by atoms with E-state index in [9.17, 15) is 4.39 Å². The molecule has 5 heteroatoms. The maximum atomic E-state index is 12.7. The molecule has 0 aliphatic rings. The van der Waals surface area contributed by atoms with Gasteiger partial charge in [0, 0.05) is 18.7 Å². The van der Waals surface area contributed by atoms with Crippen LogP contribution < -0.4 is 21.7 Å². The Bertz CT molecular complexity index is 235. The van der Waals surface area contributed by atoms with Crippen molar-refractivity contribution < 1.29 is 30.8 Å². The zero-order valence-electron chi connectivity index (χ0n) is 7.22. The van der Waals surface area contributed by atoms with Crippen molar-refractivity contribution in [2.24, 2.45) is 0 Å². The van der Waals surface area contributed by atoms with Gasteiger partial charge in [0.1, 0.15) is 0 Å². The summed E-state index contributed by atoms with van der Waals surface area (Å²) in [5, 5.41) is 0.